The molecule has 0 spiro atoms. The van der Waals surface area contributed by atoms with E-state index in [4.69, 9.17) is 5.73 Å². The Morgan fingerprint density at radius 2 is 2.14 bits per heavy atom. The Kier molecular flexibility index (Phi) is 4.23. The lowest BCUT2D eigenvalue weighted by Gasteiger charge is -2.31. The molecule has 1 amide bonds. The maximum absolute atomic E-state index is 12.5. The van der Waals surface area contributed by atoms with Gasteiger partial charge < -0.3 is 21.1 Å². The van der Waals surface area contributed by atoms with Crippen LogP contribution in [0.3, 0.4) is 0 Å². The third-order valence-electron chi connectivity index (χ3n) is 3.72. The van der Waals surface area contributed by atoms with Crippen molar-refractivity contribution in [3.63, 3.8) is 0 Å². The highest BCUT2D eigenvalue weighted by Crippen LogP contribution is 2.24. The molecule has 1 aromatic carbocycles. The minimum absolute atomic E-state index is 0.0447. The number of carbonyl (C=O) groups is 1. The first-order valence-electron chi connectivity index (χ1n) is 7.11. The minimum atomic E-state index is -0.153. The lowest BCUT2D eigenvalue weighted by molar-refractivity contribution is 0.0887. The van der Waals surface area contributed by atoms with E-state index in [2.05, 4.69) is 10.3 Å². The summed E-state index contributed by atoms with van der Waals surface area (Å²) in [6.07, 6.45) is 2.22. The maximum Gasteiger partial charge on any atom is 0.253 e. The van der Waals surface area contributed by atoms with Gasteiger partial charge in [0, 0.05) is 35.4 Å². The number of nitrogens with two attached hydrogens (primary N) is 1. The van der Waals surface area contributed by atoms with Gasteiger partial charge in [0.25, 0.3) is 5.91 Å². The molecule has 0 fully saturated rings. The first kappa shape index (κ1) is 15.4. The monoisotopic (exact) mass is 289 g/mol. The van der Waals surface area contributed by atoms with Crippen LogP contribution in [0.25, 0.3) is 10.9 Å². The molecule has 21 heavy (non-hydrogen) atoms. The van der Waals surface area contributed by atoms with Crippen molar-refractivity contribution < 1.29 is 9.90 Å². The standard InChI is InChI=1S/C16H23N3O2/c1-16(2,3)14(6-7-20)19-15(21)12-9-18-13-5-4-10(17)8-11(12)13/h4-5,8-9,14,18,20H,6-7,17H2,1-3H3,(H,19,21). The second-order valence-electron chi connectivity index (χ2n) is 6.41. The third kappa shape index (κ3) is 3.36. The second-order valence-corrected chi connectivity index (χ2v) is 6.41. The number of aliphatic hydroxyl groups excluding tert-OH is 1. The normalized spacial score (nSPS) is 13.3. The topological polar surface area (TPSA) is 91.1 Å². The summed E-state index contributed by atoms with van der Waals surface area (Å²) in [6.45, 7) is 6.17. The zero-order valence-corrected chi connectivity index (χ0v) is 12.7. The number of H-pyrrole nitrogens is 1. The van der Waals surface area contributed by atoms with Gasteiger partial charge in [-0.2, -0.15) is 0 Å². The molecule has 0 bridgehead atoms. The van der Waals surface area contributed by atoms with E-state index in [1.165, 1.54) is 0 Å². The molecular weight excluding hydrogens is 266 g/mol. The molecule has 1 atom stereocenters. The fourth-order valence-corrected chi connectivity index (χ4v) is 2.41. The fraction of sp³-hybridized carbons (Fsp3) is 0.438. The average Bonchev–Trinajstić information content (AvgIpc) is 2.80. The van der Waals surface area contributed by atoms with Crippen LogP contribution in [0.4, 0.5) is 5.69 Å². The van der Waals surface area contributed by atoms with E-state index in [1.807, 2.05) is 26.8 Å². The van der Waals surface area contributed by atoms with Crippen molar-refractivity contribution in [2.75, 3.05) is 12.3 Å². The first-order chi connectivity index (χ1) is 9.82. The Bertz CT molecular complexity index is 640. The number of nitrogen functional groups attached to an aromatic ring is 1. The molecule has 1 heterocycles. The number of hydrogen-bond acceptors (Lipinski definition) is 3. The number of aromatic amines is 1. The Balaban J connectivity index is 2.27. The highest BCUT2D eigenvalue weighted by atomic mass is 16.3. The Hall–Kier alpha value is -2.01. The van der Waals surface area contributed by atoms with E-state index < -0.39 is 0 Å². The van der Waals surface area contributed by atoms with Crippen molar-refractivity contribution in [2.45, 2.75) is 33.2 Å². The van der Waals surface area contributed by atoms with E-state index in [9.17, 15) is 9.90 Å². The molecule has 0 saturated heterocycles. The second kappa shape index (κ2) is 5.77. The van der Waals surface area contributed by atoms with Crippen LogP contribution in [0.15, 0.2) is 24.4 Å². The van der Waals surface area contributed by atoms with Gasteiger partial charge in [-0.25, -0.2) is 0 Å². The molecule has 2 rings (SSSR count). The minimum Gasteiger partial charge on any atom is -0.399 e. The van der Waals surface area contributed by atoms with Gasteiger partial charge in [0.2, 0.25) is 0 Å². The van der Waals surface area contributed by atoms with Crippen LogP contribution in [-0.4, -0.2) is 28.6 Å². The number of anilines is 1. The SMILES string of the molecule is CC(C)(C)C(CCO)NC(=O)c1c[nH]c2ccc(N)cc12. The zero-order valence-electron chi connectivity index (χ0n) is 12.7. The van der Waals surface area contributed by atoms with E-state index in [0.29, 0.717) is 17.7 Å². The summed E-state index contributed by atoms with van der Waals surface area (Å²) in [7, 11) is 0. The van der Waals surface area contributed by atoms with Crippen LogP contribution < -0.4 is 11.1 Å². The van der Waals surface area contributed by atoms with E-state index >= 15 is 0 Å². The van der Waals surface area contributed by atoms with Crippen molar-refractivity contribution >= 4 is 22.5 Å². The van der Waals surface area contributed by atoms with Crippen LogP contribution in [-0.2, 0) is 0 Å². The number of aliphatic hydroxyl groups is 1. The van der Waals surface area contributed by atoms with Crippen LogP contribution in [0, 0.1) is 5.41 Å². The van der Waals surface area contributed by atoms with Gasteiger partial charge in [-0.05, 0) is 30.0 Å². The van der Waals surface area contributed by atoms with Crippen LogP contribution in [0.2, 0.25) is 0 Å². The number of carbonyl (C=O) groups excluding carboxylic acids is 1. The van der Waals surface area contributed by atoms with Crippen LogP contribution in [0.1, 0.15) is 37.6 Å². The average molecular weight is 289 g/mol. The number of amides is 1. The lowest BCUT2D eigenvalue weighted by atomic mass is 9.84. The molecule has 1 unspecified atom stereocenters. The van der Waals surface area contributed by atoms with Gasteiger partial charge in [-0.1, -0.05) is 20.8 Å². The van der Waals surface area contributed by atoms with Crippen LogP contribution in [0.5, 0.6) is 0 Å². The molecule has 0 saturated carbocycles. The van der Waals surface area contributed by atoms with Crippen molar-refractivity contribution in [1.82, 2.24) is 10.3 Å². The predicted octanol–water partition coefficient (Wildman–Crippen LogP) is 2.28. The summed E-state index contributed by atoms with van der Waals surface area (Å²) >= 11 is 0. The molecule has 0 aliphatic carbocycles. The van der Waals surface area contributed by atoms with Gasteiger partial charge in [0.05, 0.1) is 5.56 Å². The van der Waals surface area contributed by atoms with E-state index in [-0.39, 0.29) is 24.0 Å². The van der Waals surface area contributed by atoms with Gasteiger partial charge in [0.15, 0.2) is 0 Å². The molecule has 5 N–H and O–H groups in total. The van der Waals surface area contributed by atoms with Crippen LogP contribution >= 0.6 is 0 Å². The number of nitrogens with one attached hydrogen (secondary N) is 2. The summed E-state index contributed by atoms with van der Waals surface area (Å²) in [5, 5.41) is 13.0. The van der Waals surface area contributed by atoms with Crippen molar-refractivity contribution in [2.24, 2.45) is 5.41 Å². The number of fused-ring (bicyclic) bond motifs is 1. The first-order valence-corrected chi connectivity index (χ1v) is 7.11. The van der Waals surface area contributed by atoms with Gasteiger partial charge >= 0.3 is 0 Å². The lowest BCUT2D eigenvalue weighted by Crippen LogP contribution is -2.44. The number of rotatable bonds is 4. The summed E-state index contributed by atoms with van der Waals surface area (Å²) in [6, 6.07) is 5.35. The quantitative estimate of drug-likeness (QED) is 0.651. The molecule has 2 aromatic rings. The molecule has 1 aromatic heterocycles. The summed E-state index contributed by atoms with van der Waals surface area (Å²) < 4.78 is 0. The van der Waals surface area contributed by atoms with Crippen molar-refractivity contribution in [3.8, 4) is 0 Å². The fourth-order valence-electron chi connectivity index (χ4n) is 2.41. The molecule has 114 valence electrons. The summed E-state index contributed by atoms with van der Waals surface area (Å²) in [4.78, 5) is 15.6. The van der Waals surface area contributed by atoms with Crippen molar-refractivity contribution in [3.05, 3.63) is 30.0 Å². The predicted molar refractivity (Wildman–Crippen MR) is 85.1 cm³/mol. The summed E-state index contributed by atoms with van der Waals surface area (Å²) in [5.74, 6) is -0.153. The van der Waals surface area contributed by atoms with Gasteiger partial charge in [0.1, 0.15) is 0 Å². The van der Waals surface area contributed by atoms with Crippen molar-refractivity contribution in [1.29, 1.82) is 0 Å². The Morgan fingerprint density at radius 3 is 2.76 bits per heavy atom. The molecule has 0 radical (unpaired) electrons. The molecule has 5 nitrogen and oxygen atoms in total. The maximum atomic E-state index is 12.5. The number of aromatic nitrogens is 1. The Labute approximate surface area is 124 Å². The van der Waals surface area contributed by atoms with E-state index in [0.717, 1.165) is 10.9 Å². The third-order valence-corrected chi connectivity index (χ3v) is 3.72. The van der Waals surface area contributed by atoms with Gasteiger partial charge in [-0.15, -0.1) is 0 Å². The van der Waals surface area contributed by atoms with Gasteiger partial charge in [-0.3, -0.25) is 4.79 Å². The Morgan fingerprint density at radius 1 is 1.43 bits per heavy atom. The summed E-state index contributed by atoms with van der Waals surface area (Å²) in [5.41, 5.74) is 7.75. The van der Waals surface area contributed by atoms with E-state index in [1.54, 1.807) is 18.3 Å². The highest BCUT2D eigenvalue weighted by Gasteiger charge is 2.26. The molecular formula is C16H23N3O2. The highest BCUT2D eigenvalue weighted by molar-refractivity contribution is 6.07. The number of benzene rings is 1. The zero-order chi connectivity index (χ0) is 15.6. The molecule has 0 aliphatic rings. The molecule has 0 aliphatic heterocycles. The largest absolute Gasteiger partial charge is 0.399 e. The number of hydrogen-bond donors (Lipinski definition) is 4. The smallest absolute Gasteiger partial charge is 0.253 e. The molecule has 5 heteroatoms.